The van der Waals surface area contributed by atoms with Gasteiger partial charge in [0.2, 0.25) is 5.91 Å². The number of likely N-dealkylation sites (N-methyl/N-ethyl adjacent to an activating group) is 1. The maximum absolute atomic E-state index is 12.3. The molecular formula is C16H22N2O3. The van der Waals surface area contributed by atoms with Gasteiger partial charge in [0.1, 0.15) is 12.4 Å². The van der Waals surface area contributed by atoms with Crippen molar-refractivity contribution in [2.45, 2.75) is 20.8 Å². The highest BCUT2D eigenvalue weighted by Gasteiger charge is 2.22. The largest absolute Gasteiger partial charge is 0.490 e. The average molecular weight is 290 g/mol. The molecule has 1 amide bonds. The van der Waals surface area contributed by atoms with Crippen LogP contribution in [0.15, 0.2) is 18.2 Å². The molecule has 0 aliphatic carbocycles. The minimum atomic E-state index is 0.0124. The van der Waals surface area contributed by atoms with E-state index in [4.69, 9.17) is 4.74 Å². The first kappa shape index (κ1) is 15.4. The predicted molar refractivity (Wildman–Crippen MR) is 82.1 cm³/mol. The maximum atomic E-state index is 12.3. The summed E-state index contributed by atoms with van der Waals surface area (Å²) in [6.45, 7) is 8.43. The molecule has 0 unspecified atom stereocenters. The minimum Gasteiger partial charge on any atom is -0.490 e. The number of anilines is 1. The Kier molecular flexibility index (Phi) is 4.83. The Morgan fingerprint density at radius 1 is 1.29 bits per heavy atom. The maximum Gasteiger partial charge on any atom is 0.242 e. The van der Waals surface area contributed by atoms with Crippen molar-refractivity contribution in [1.82, 2.24) is 4.90 Å². The molecule has 114 valence electrons. The lowest BCUT2D eigenvalue weighted by Gasteiger charge is -2.32. The van der Waals surface area contributed by atoms with Crippen molar-refractivity contribution in [3.63, 3.8) is 0 Å². The summed E-state index contributed by atoms with van der Waals surface area (Å²) < 4.78 is 5.61. The quantitative estimate of drug-likeness (QED) is 0.778. The molecule has 0 atom stereocenters. The monoisotopic (exact) mass is 290 g/mol. The van der Waals surface area contributed by atoms with Crippen LogP contribution in [0.1, 0.15) is 31.1 Å². The molecule has 1 aliphatic rings. The van der Waals surface area contributed by atoms with Gasteiger partial charge in [-0.05, 0) is 39.0 Å². The summed E-state index contributed by atoms with van der Waals surface area (Å²) in [7, 11) is 0. The summed E-state index contributed by atoms with van der Waals surface area (Å²) in [6.07, 6.45) is 0. The molecule has 1 heterocycles. The highest BCUT2D eigenvalue weighted by molar-refractivity contribution is 5.96. The molecule has 0 saturated heterocycles. The van der Waals surface area contributed by atoms with E-state index in [0.29, 0.717) is 38.3 Å². The van der Waals surface area contributed by atoms with Crippen LogP contribution in [-0.4, -0.2) is 49.4 Å². The second-order valence-corrected chi connectivity index (χ2v) is 5.07. The van der Waals surface area contributed by atoms with Gasteiger partial charge in [-0.2, -0.15) is 0 Å². The lowest BCUT2D eigenvalue weighted by Crippen LogP contribution is -2.43. The van der Waals surface area contributed by atoms with Crippen LogP contribution in [0.5, 0.6) is 5.75 Å². The second-order valence-electron chi connectivity index (χ2n) is 5.07. The van der Waals surface area contributed by atoms with Crippen LogP contribution in [0.4, 0.5) is 5.69 Å². The number of benzene rings is 1. The number of hydrogen-bond acceptors (Lipinski definition) is 4. The first-order valence-corrected chi connectivity index (χ1v) is 7.37. The van der Waals surface area contributed by atoms with Gasteiger partial charge >= 0.3 is 0 Å². The zero-order chi connectivity index (χ0) is 15.4. The molecular weight excluding hydrogens is 268 g/mol. The Labute approximate surface area is 125 Å². The Morgan fingerprint density at radius 2 is 2.00 bits per heavy atom. The van der Waals surface area contributed by atoms with Crippen LogP contribution in [0.3, 0.4) is 0 Å². The standard InChI is InChI=1S/C16H22N2O3/c1-4-17(5-2)16(20)11-18-8-9-21-15-7-6-13(12(3)19)10-14(15)18/h6-7,10H,4-5,8-9,11H2,1-3H3. The Hall–Kier alpha value is -2.04. The number of ether oxygens (including phenoxy) is 1. The highest BCUT2D eigenvalue weighted by atomic mass is 16.5. The summed E-state index contributed by atoms with van der Waals surface area (Å²) in [6, 6.07) is 5.38. The van der Waals surface area contributed by atoms with Crippen LogP contribution >= 0.6 is 0 Å². The normalized spacial score (nSPS) is 13.4. The van der Waals surface area contributed by atoms with Gasteiger partial charge in [-0.25, -0.2) is 0 Å². The van der Waals surface area contributed by atoms with Gasteiger partial charge in [-0.3, -0.25) is 9.59 Å². The van der Waals surface area contributed by atoms with Gasteiger partial charge in [-0.1, -0.05) is 0 Å². The summed E-state index contributed by atoms with van der Waals surface area (Å²) >= 11 is 0. The van der Waals surface area contributed by atoms with Crippen molar-refractivity contribution in [3.05, 3.63) is 23.8 Å². The van der Waals surface area contributed by atoms with Crippen molar-refractivity contribution >= 4 is 17.4 Å². The van der Waals surface area contributed by atoms with Gasteiger partial charge in [0.25, 0.3) is 0 Å². The molecule has 1 aromatic rings. The molecule has 2 rings (SSSR count). The molecule has 0 bridgehead atoms. The SMILES string of the molecule is CCN(CC)C(=O)CN1CCOc2ccc(C(C)=O)cc21. The summed E-state index contributed by atoms with van der Waals surface area (Å²) in [4.78, 5) is 27.6. The van der Waals surface area contributed by atoms with E-state index in [1.165, 1.54) is 6.92 Å². The number of carbonyl (C=O) groups is 2. The lowest BCUT2D eigenvalue weighted by atomic mass is 10.1. The Balaban J connectivity index is 2.22. The molecule has 0 radical (unpaired) electrons. The molecule has 5 heteroatoms. The lowest BCUT2D eigenvalue weighted by molar-refractivity contribution is -0.129. The Bertz CT molecular complexity index is 538. The topological polar surface area (TPSA) is 49.9 Å². The van der Waals surface area contributed by atoms with E-state index in [1.807, 2.05) is 29.7 Å². The van der Waals surface area contributed by atoms with Crippen molar-refractivity contribution < 1.29 is 14.3 Å². The van der Waals surface area contributed by atoms with E-state index < -0.39 is 0 Å². The van der Waals surface area contributed by atoms with Crippen LogP contribution in [0.25, 0.3) is 0 Å². The van der Waals surface area contributed by atoms with Crippen LogP contribution in [0, 0.1) is 0 Å². The molecule has 21 heavy (non-hydrogen) atoms. The fraction of sp³-hybridized carbons (Fsp3) is 0.500. The summed E-state index contributed by atoms with van der Waals surface area (Å²) in [5.74, 6) is 0.845. The first-order valence-electron chi connectivity index (χ1n) is 7.37. The third kappa shape index (κ3) is 3.35. The third-order valence-corrected chi connectivity index (χ3v) is 3.77. The number of rotatable bonds is 5. The number of fused-ring (bicyclic) bond motifs is 1. The molecule has 0 fully saturated rings. The van der Waals surface area contributed by atoms with Crippen molar-refractivity contribution in [3.8, 4) is 5.75 Å². The molecule has 1 aromatic carbocycles. The predicted octanol–water partition coefficient (Wildman–Crippen LogP) is 1.96. The van der Waals surface area contributed by atoms with Crippen molar-refractivity contribution in [2.24, 2.45) is 0 Å². The molecule has 0 saturated carbocycles. The van der Waals surface area contributed by atoms with Gasteiger partial charge in [-0.15, -0.1) is 0 Å². The number of amides is 1. The van der Waals surface area contributed by atoms with Gasteiger partial charge in [0.15, 0.2) is 5.78 Å². The van der Waals surface area contributed by atoms with Crippen LogP contribution in [-0.2, 0) is 4.79 Å². The van der Waals surface area contributed by atoms with Gasteiger partial charge in [0, 0.05) is 18.7 Å². The number of ketones is 1. The molecule has 0 N–H and O–H groups in total. The summed E-state index contributed by atoms with van der Waals surface area (Å²) in [5.41, 5.74) is 1.47. The minimum absolute atomic E-state index is 0.0124. The van der Waals surface area contributed by atoms with Crippen LogP contribution in [0.2, 0.25) is 0 Å². The van der Waals surface area contributed by atoms with E-state index in [-0.39, 0.29) is 11.7 Å². The zero-order valence-electron chi connectivity index (χ0n) is 12.9. The molecule has 0 spiro atoms. The molecule has 1 aliphatic heterocycles. The van der Waals surface area contributed by atoms with E-state index in [1.54, 1.807) is 12.1 Å². The number of Topliss-reactive ketones (excluding diaryl/α,β-unsaturated/α-hetero) is 1. The van der Waals surface area contributed by atoms with E-state index in [9.17, 15) is 9.59 Å². The zero-order valence-corrected chi connectivity index (χ0v) is 12.9. The highest BCUT2D eigenvalue weighted by Crippen LogP contribution is 2.32. The molecule has 0 aromatic heterocycles. The van der Waals surface area contributed by atoms with Gasteiger partial charge in [0.05, 0.1) is 18.8 Å². The smallest absolute Gasteiger partial charge is 0.242 e. The van der Waals surface area contributed by atoms with E-state index in [0.717, 1.165) is 11.4 Å². The second kappa shape index (κ2) is 6.61. The van der Waals surface area contributed by atoms with Gasteiger partial charge < -0.3 is 14.5 Å². The third-order valence-electron chi connectivity index (χ3n) is 3.77. The number of nitrogens with zero attached hydrogens (tertiary/aromatic N) is 2. The average Bonchev–Trinajstić information content (AvgIpc) is 2.48. The number of hydrogen-bond donors (Lipinski definition) is 0. The summed E-state index contributed by atoms with van der Waals surface area (Å²) in [5, 5.41) is 0. The molecule has 5 nitrogen and oxygen atoms in total. The van der Waals surface area contributed by atoms with E-state index in [2.05, 4.69) is 0 Å². The van der Waals surface area contributed by atoms with Crippen LogP contribution < -0.4 is 9.64 Å². The fourth-order valence-electron chi connectivity index (χ4n) is 2.50. The fourth-order valence-corrected chi connectivity index (χ4v) is 2.50. The van der Waals surface area contributed by atoms with Crippen molar-refractivity contribution in [1.29, 1.82) is 0 Å². The number of carbonyl (C=O) groups excluding carboxylic acids is 2. The Morgan fingerprint density at radius 3 is 2.62 bits per heavy atom. The van der Waals surface area contributed by atoms with Crippen molar-refractivity contribution in [2.75, 3.05) is 37.7 Å². The first-order chi connectivity index (χ1) is 10.1. The van der Waals surface area contributed by atoms with E-state index >= 15 is 0 Å².